The van der Waals surface area contributed by atoms with E-state index in [0.29, 0.717) is 30.1 Å². The van der Waals surface area contributed by atoms with Crippen LogP contribution < -0.4 is 14.2 Å². The molecule has 0 bridgehead atoms. The number of hydrogen-bond acceptors (Lipinski definition) is 4. The molecule has 4 aromatic carbocycles. The van der Waals surface area contributed by atoms with Gasteiger partial charge in [0.25, 0.3) is 0 Å². The first-order valence-corrected chi connectivity index (χ1v) is 11.4. The molecule has 4 rings (SSSR count). The first kappa shape index (κ1) is 24.9. The Morgan fingerprint density at radius 3 is 1.69 bits per heavy atom. The van der Waals surface area contributed by atoms with Crippen LogP contribution in [0.1, 0.15) is 24.2 Å². The maximum atomic E-state index is 15.0. The molecule has 7 heteroatoms. The highest BCUT2D eigenvalue weighted by Crippen LogP contribution is 2.33. The van der Waals surface area contributed by atoms with Crippen molar-refractivity contribution in [1.82, 2.24) is 0 Å². The first-order valence-electron chi connectivity index (χ1n) is 11.4. The van der Waals surface area contributed by atoms with Gasteiger partial charge in [0, 0.05) is 11.1 Å². The topological polar surface area (TPSA) is 44.8 Å². The van der Waals surface area contributed by atoms with Crippen LogP contribution in [0.4, 0.5) is 13.2 Å². The molecular formula is C29H23F3O4. The fraction of sp³-hybridized carbons (Fsp3) is 0.138. The third-order valence-corrected chi connectivity index (χ3v) is 5.40. The summed E-state index contributed by atoms with van der Waals surface area (Å²) in [6, 6.07) is 19.5. The van der Waals surface area contributed by atoms with Crippen molar-refractivity contribution in [3.8, 4) is 39.5 Å². The zero-order valence-electron chi connectivity index (χ0n) is 19.7. The predicted molar refractivity (Wildman–Crippen MR) is 131 cm³/mol. The quantitative estimate of drug-likeness (QED) is 0.189. The molecule has 0 aromatic heterocycles. The average Bonchev–Trinajstić information content (AvgIpc) is 2.88. The standard InChI is InChI=1S/C29H23F3O4/c1-3-34-21-10-5-18(6-11-21)23-14-15-24(28(32)27(23)31)19-7-12-22(13-8-19)36-29(33)20-9-16-26(35-4-2)25(30)17-20/h5-17H,3-4H2,1-2H3. The van der Waals surface area contributed by atoms with Crippen molar-refractivity contribution in [3.63, 3.8) is 0 Å². The van der Waals surface area contributed by atoms with Gasteiger partial charge < -0.3 is 14.2 Å². The lowest BCUT2D eigenvalue weighted by Gasteiger charge is -2.11. The first-order chi connectivity index (χ1) is 17.4. The highest BCUT2D eigenvalue weighted by Gasteiger charge is 2.17. The highest BCUT2D eigenvalue weighted by atomic mass is 19.2. The average molecular weight is 492 g/mol. The second kappa shape index (κ2) is 11.0. The third-order valence-electron chi connectivity index (χ3n) is 5.40. The molecule has 0 N–H and O–H groups in total. The summed E-state index contributed by atoms with van der Waals surface area (Å²) >= 11 is 0. The van der Waals surface area contributed by atoms with Crippen molar-refractivity contribution >= 4 is 5.97 Å². The minimum absolute atomic E-state index is 0.0121. The third kappa shape index (κ3) is 5.35. The molecule has 4 aromatic rings. The van der Waals surface area contributed by atoms with Crippen LogP contribution in [0.2, 0.25) is 0 Å². The molecule has 0 radical (unpaired) electrons. The molecule has 0 aliphatic rings. The number of carbonyl (C=O) groups is 1. The van der Waals surface area contributed by atoms with E-state index < -0.39 is 23.4 Å². The Morgan fingerprint density at radius 2 is 1.19 bits per heavy atom. The summed E-state index contributed by atoms with van der Waals surface area (Å²) in [7, 11) is 0. The van der Waals surface area contributed by atoms with Gasteiger partial charge in [-0.15, -0.1) is 0 Å². The lowest BCUT2D eigenvalue weighted by atomic mass is 9.98. The Morgan fingerprint density at radius 1 is 0.667 bits per heavy atom. The van der Waals surface area contributed by atoms with E-state index >= 15 is 0 Å². The van der Waals surface area contributed by atoms with Crippen molar-refractivity contribution in [2.45, 2.75) is 13.8 Å². The van der Waals surface area contributed by atoms with E-state index in [9.17, 15) is 18.0 Å². The molecule has 0 fully saturated rings. The van der Waals surface area contributed by atoms with Crippen LogP contribution >= 0.6 is 0 Å². The minimum Gasteiger partial charge on any atom is -0.494 e. The van der Waals surface area contributed by atoms with Gasteiger partial charge in [-0.25, -0.2) is 18.0 Å². The molecule has 0 unspecified atom stereocenters. The largest absolute Gasteiger partial charge is 0.494 e. The number of carbonyl (C=O) groups excluding carboxylic acids is 1. The van der Waals surface area contributed by atoms with Gasteiger partial charge in [-0.05, 0) is 67.4 Å². The summed E-state index contributed by atoms with van der Waals surface area (Å²) in [6.07, 6.45) is 0. The Hall–Kier alpha value is -4.26. The van der Waals surface area contributed by atoms with Crippen LogP contribution in [0.15, 0.2) is 78.9 Å². The molecule has 0 aliphatic heterocycles. The van der Waals surface area contributed by atoms with Crippen molar-refractivity contribution < 1.29 is 32.2 Å². The van der Waals surface area contributed by atoms with Crippen LogP contribution in [-0.4, -0.2) is 19.2 Å². The summed E-state index contributed by atoms with van der Waals surface area (Å²) < 4.78 is 59.7. The summed E-state index contributed by atoms with van der Waals surface area (Å²) in [5, 5.41) is 0. The van der Waals surface area contributed by atoms with Crippen molar-refractivity contribution in [2.75, 3.05) is 13.2 Å². The molecule has 4 nitrogen and oxygen atoms in total. The molecule has 0 spiro atoms. The Kier molecular flexibility index (Phi) is 7.59. The smallest absolute Gasteiger partial charge is 0.343 e. The van der Waals surface area contributed by atoms with E-state index in [1.165, 1.54) is 48.5 Å². The SMILES string of the molecule is CCOc1ccc(-c2ccc(-c3ccc(OC(=O)c4ccc(OCC)c(F)c4)cc3)c(F)c2F)cc1. The fourth-order valence-corrected chi connectivity index (χ4v) is 3.66. The molecule has 0 amide bonds. The van der Waals surface area contributed by atoms with Crippen LogP contribution in [0.5, 0.6) is 17.2 Å². The lowest BCUT2D eigenvalue weighted by Crippen LogP contribution is -2.09. The van der Waals surface area contributed by atoms with Gasteiger partial charge in [0.1, 0.15) is 11.5 Å². The summed E-state index contributed by atoms with van der Waals surface area (Å²) in [5.74, 6) is -2.53. The lowest BCUT2D eigenvalue weighted by molar-refractivity contribution is 0.0734. The van der Waals surface area contributed by atoms with Gasteiger partial charge in [-0.3, -0.25) is 0 Å². The van der Waals surface area contributed by atoms with E-state index in [2.05, 4.69) is 0 Å². The summed E-state index contributed by atoms with van der Waals surface area (Å²) in [4.78, 5) is 12.4. The number of benzene rings is 4. The van der Waals surface area contributed by atoms with E-state index in [4.69, 9.17) is 14.2 Å². The van der Waals surface area contributed by atoms with Crippen molar-refractivity contribution in [1.29, 1.82) is 0 Å². The molecule has 0 aliphatic carbocycles. The monoisotopic (exact) mass is 492 g/mol. The van der Waals surface area contributed by atoms with Crippen LogP contribution in [0.3, 0.4) is 0 Å². The Labute approximate surface area is 206 Å². The maximum absolute atomic E-state index is 15.0. The number of halogens is 3. The summed E-state index contributed by atoms with van der Waals surface area (Å²) in [5.41, 5.74) is 1.13. The van der Waals surface area contributed by atoms with E-state index in [-0.39, 0.29) is 28.2 Å². The van der Waals surface area contributed by atoms with E-state index in [1.54, 1.807) is 31.2 Å². The molecule has 0 atom stereocenters. The van der Waals surface area contributed by atoms with Gasteiger partial charge in [0.15, 0.2) is 23.2 Å². The highest BCUT2D eigenvalue weighted by molar-refractivity contribution is 5.91. The normalized spacial score (nSPS) is 10.7. The Bertz CT molecular complexity index is 1370. The summed E-state index contributed by atoms with van der Waals surface area (Å²) in [6.45, 7) is 4.39. The van der Waals surface area contributed by atoms with E-state index in [0.717, 1.165) is 6.07 Å². The number of hydrogen-bond donors (Lipinski definition) is 0. The van der Waals surface area contributed by atoms with Crippen molar-refractivity contribution in [3.05, 3.63) is 102 Å². The van der Waals surface area contributed by atoms with Crippen molar-refractivity contribution in [2.24, 2.45) is 0 Å². The molecule has 0 saturated carbocycles. The molecular weight excluding hydrogens is 469 g/mol. The molecule has 0 heterocycles. The minimum atomic E-state index is -0.990. The van der Waals surface area contributed by atoms with Gasteiger partial charge in [-0.1, -0.05) is 36.4 Å². The van der Waals surface area contributed by atoms with Crippen LogP contribution in [0.25, 0.3) is 22.3 Å². The molecule has 0 saturated heterocycles. The number of rotatable bonds is 8. The zero-order chi connectivity index (χ0) is 25.7. The zero-order valence-corrected chi connectivity index (χ0v) is 19.7. The van der Waals surface area contributed by atoms with Gasteiger partial charge in [-0.2, -0.15) is 0 Å². The molecule has 36 heavy (non-hydrogen) atoms. The Balaban J connectivity index is 1.50. The maximum Gasteiger partial charge on any atom is 0.343 e. The van der Waals surface area contributed by atoms with Gasteiger partial charge >= 0.3 is 5.97 Å². The number of esters is 1. The van der Waals surface area contributed by atoms with E-state index in [1.807, 2.05) is 6.92 Å². The van der Waals surface area contributed by atoms with Crippen LogP contribution in [0, 0.1) is 17.5 Å². The number of ether oxygens (including phenoxy) is 3. The fourth-order valence-electron chi connectivity index (χ4n) is 3.66. The van der Waals surface area contributed by atoms with Gasteiger partial charge in [0.05, 0.1) is 18.8 Å². The van der Waals surface area contributed by atoms with Gasteiger partial charge in [0.2, 0.25) is 0 Å². The molecule has 184 valence electrons. The predicted octanol–water partition coefficient (Wildman–Crippen LogP) is 7.45. The second-order valence-electron chi connectivity index (χ2n) is 7.74. The van der Waals surface area contributed by atoms with Crippen LogP contribution in [-0.2, 0) is 0 Å². The second-order valence-corrected chi connectivity index (χ2v) is 7.74.